The number of nitrogens with zero attached hydrogens (tertiary/aromatic N) is 5. The second-order valence-electron chi connectivity index (χ2n) is 5.97. The van der Waals surface area contributed by atoms with Crippen LogP contribution in [-0.4, -0.2) is 46.2 Å². The molecule has 27 heavy (non-hydrogen) atoms. The molecule has 2 aromatic heterocycles. The number of rotatable bonds is 4. The first-order valence-electron chi connectivity index (χ1n) is 8.50. The number of nitrogen functional groups attached to an aromatic ring is 1. The molecule has 4 rings (SSSR count). The number of hydrogen-bond acceptors (Lipinski definition) is 8. The van der Waals surface area contributed by atoms with Crippen LogP contribution in [0.5, 0.6) is 0 Å². The Morgan fingerprint density at radius 1 is 1.07 bits per heavy atom. The molecule has 138 valence electrons. The molecule has 1 aliphatic heterocycles. The monoisotopic (exact) mass is 367 g/mol. The van der Waals surface area contributed by atoms with Crippen LogP contribution in [0.2, 0.25) is 0 Å². The Balaban J connectivity index is 1.73. The summed E-state index contributed by atoms with van der Waals surface area (Å²) in [5.41, 5.74) is 7.21. The lowest BCUT2D eigenvalue weighted by molar-refractivity contribution is 0.122. The first-order chi connectivity index (χ1) is 13.2. The van der Waals surface area contributed by atoms with E-state index in [1.165, 1.54) is 6.07 Å². The first-order valence-corrected chi connectivity index (χ1v) is 8.50. The second kappa shape index (κ2) is 7.50. The van der Waals surface area contributed by atoms with Crippen LogP contribution >= 0.6 is 0 Å². The van der Waals surface area contributed by atoms with Gasteiger partial charge in [0.2, 0.25) is 11.9 Å². The molecule has 1 saturated heterocycles. The van der Waals surface area contributed by atoms with Crippen molar-refractivity contribution in [2.75, 3.05) is 42.3 Å². The molecule has 3 aromatic rings. The summed E-state index contributed by atoms with van der Waals surface area (Å²) >= 11 is 0. The van der Waals surface area contributed by atoms with Gasteiger partial charge in [-0.25, -0.2) is 19.3 Å². The number of benzene rings is 1. The van der Waals surface area contributed by atoms with Crippen LogP contribution in [0.25, 0.3) is 11.3 Å². The van der Waals surface area contributed by atoms with Gasteiger partial charge in [0.25, 0.3) is 0 Å². The van der Waals surface area contributed by atoms with Gasteiger partial charge in [-0.15, -0.1) is 0 Å². The highest BCUT2D eigenvalue weighted by Crippen LogP contribution is 2.25. The van der Waals surface area contributed by atoms with Gasteiger partial charge in [-0.3, -0.25) is 0 Å². The Morgan fingerprint density at radius 2 is 1.81 bits per heavy atom. The van der Waals surface area contributed by atoms with Crippen LogP contribution < -0.4 is 16.0 Å². The van der Waals surface area contributed by atoms with E-state index in [0.717, 1.165) is 0 Å². The summed E-state index contributed by atoms with van der Waals surface area (Å²) in [6.07, 6.45) is 3.20. The Hall–Kier alpha value is -3.33. The highest BCUT2D eigenvalue weighted by atomic mass is 19.1. The number of halogens is 1. The number of para-hydroxylation sites is 1. The van der Waals surface area contributed by atoms with E-state index in [9.17, 15) is 4.39 Å². The number of morpholine rings is 1. The minimum atomic E-state index is -0.360. The van der Waals surface area contributed by atoms with Gasteiger partial charge in [-0.2, -0.15) is 4.98 Å². The van der Waals surface area contributed by atoms with Gasteiger partial charge < -0.3 is 20.7 Å². The van der Waals surface area contributed by atoms with Gasteiger partial charge in [-0.05, 0) is 12.1 Å². The van der Waals surface area contributed by atoms with Gasteiger partial charge in [0.1, 0.15) is 11.6 Å². The van der Waals surface area contributed by atoms with Crippen molar-refractivity contribution in [1.82, 2.24) is 19.9 Å². The highest BCUT2D eigenvalue weighted by Gasteiger charge is 2.17. The summed E-state index contributed by atoms with van der Waals surface area (Å²) in [4.78, 5) is 19.2. The minimum absolute atomic E-state index is 0.186. The van der Waals surface area contributed by atoms with Crippen LogP contribution in [0.3, 0.4) is 0 Å². The summed E-state index contributed by atoms with van der Waals surface area (Å²) in [6.45, 7) is 2.57. The van der Waals surface area contributed by atoms with E-state index in [-0.39, 0.29) is 11.8 Å². The van der Waals surface area contributed by atoms with Gasteiger partial charge >= 0.3 is 0 Å². The quantitative estimate of drug-likeness (QED) is 0.724. The predicted octanol–water partition coefficient (Wildman–Crippen LogP) is 2.24. The van der Waals surface area contributed by atoms with Crippen molar-refractivity contribution in [1.29, 1.82) is 0 Å². The molecule has 0 atom stereocenters. The summed E-state index contributed by atoms with van der Waals surface area (Å²) < 4.78 is 19.4. The van der Waals surface area contributed by atoms with Crippen molar-refractivity contribution in [3.8, 4) is 11.3 Å². The molecule has 1 aliphatic rings. The van der Waals surface area contributed by atoms with E-state index in [1.807, 2.05) is 4.90 Å². The maximum Gasteiger partial charge on any atom is 0.228 e. The maximum atomic E-state index is 14.0. The Morgan fingerprint density at radius 3 is 2.56 bits per heavy atom. The van der Waals surface area contributed by atoms with E-state index in [0.29, 0.717) is 55.0 Å². The van der Waals surface area contributed by atoms with Crippen LogP contribution in [-0.2, 0) is 4.74 Å². The number of ether oxygens (including phenoxy) is 1. The van der Waals surface area contributed by atoms with E-state index >= 15 is 0 Å². The fourth-order valence-electron chi connectivity index (χ4n) is 2.72. The molecule has 8 nitrogen and oxygen atoms in total. The van der Waals surface area contributed by atoms with Gasteiger partial charge in [0.05, 0.1) is 24.6 Å². The standard InChI is InChI=1S/C18H18FN7O/c19-13-3-1-2-4-14(13)23-16-9-15(12-10-21-17(20)22-11-12)24-18(25-16)26-5-7-27-8-6-26/h1-4,9-11H,5-8H2,(H2,20,21,22)(H,23,24,25). The third kappa shape index (κ3) is 3.93. The fourth-order valence-corrected chi connectivity index (χ4v) is 2.72. The Labute approximate surface area is 155 Å². The van der Waals surface area contributed by atoms with Crippen molar-refractivity contribution in [3.05, 3.63) is 48.5 Å². The van der Waals surface area contributed by atoms with Crippen molar-refractivity contribution in [2.45, 2.75) is 0 Å². The lowest BCUT2D eigenvalue weighted by Gasteiger charge is -2.27. The fraction of sp³-hybridized carbons (Fsp3) is 0.222. The molecule has 0 unspecified atom stereocenters. The third-order valence-corrected chi connectivity index (χ3v) is 4.11. The van der Waals surface area contributed by atoms with E-state index < -0.39 is 0 Å². The van der Waals surface area contributed by atoms with Crippen LogP contribution in [0.4, 0.5) is 27.8 Å². The molecule has 0 bridgehead atoms. The van der Waals surface area contributed by atoms with Crippen LogP contribution in [0.1, 0.15) is 0 Å². The first kappa shape index (κ1) is 17.1. The molecule has 3 N–H and O–H groups in total. The van der Waals surface area contributed by atoms with Gasteiger partial charge in [-0.1, -0.05) is 12.1 Å². The zero-order valence-corrected chi connectivity index (χ0v) is 14.5. The molecule has 1 fully saturated rings. The molecule has 0 spiro atoms. The number of anilines is 4. The van der Waals surface area contributed by atoms with Crippen molar-refractivity contribution >= 4 is 23.4 Å². The van der Waals surface area contributed by atoms with Crippen LogP contribution in [0, 0.1) is 5.82 Å². The highest BCUT2D eigenvalue weighted by molar-refractivity contribution is 5.67. The van der Waals surface area contributed by atoms with Gasteiger partial charge in [0.15, 0.2) is 0 Å². The molecule has 9 heteroatoms. The lowest BCUT2D eigenvalue weighted by atomic mass is 10.2. The van der Waals surface area contributed by atoms with Crippen molar-refractivity contribution < 1.29 is 9.13 Å². The smallest absolute Gasteiger partial charge is 0.228 e. The van der Waals surface area contributed by atoms with Crippen molar-refractivity contribution in [3.63, 3.8) is 0 Å². The average Bonchev–Trinajstić information content (AvgIpc) is 2.71. The molecule has 0 aliphatic carbocycles. The molecule has 3 heterocycles. The Bertz CT molecular complexity index is 929. The number of nitrogens with two attached hydrogens (primary N) is 1. The summed E-state index contributed by atoms with van der Waals surface area (Å²) in [6, 6.07) is 8.16. The van der Waals surface area contributed by atoms with Crippen LogP contribution in [0.15, 0.2) is 42.7 Å². The van der Waals surface area contributed by atoms with E-state index in [4.69, 9.17) is 10.5 Å². The SMILES string of the molecule is Nc1ncc(-c2cc(Nc3ccccc3F)nc(N3CCOCC3)n2)cn1. The summed E-state index contributed by atoms with van der Waals surface area (Å²) in [5.74, 6) is 0.835. The normalized spacial score (nSPS) is 14.2. The summed E-state index contributed by atoms with van der Waals surface area (Å²) in [7, 11) is 0. The number of nitrogens with one attached hydrogen (secondary N) is 1. The molecule has 0 radical (unpaired) electrons. The minimum Gasteiger partial charge on any atom is -0.378 e. The van der Waals surface area contributed by atoms with E-state index in [2.05, 4.69) is 25.3 Å². The predicted molar refractivity (Wildman–Crippen MR) is 100 cm³/mol. The summed E-state index contributed by atoms with van der Waals surface area (Å²) in [5, 5.41) is 3.02. The lowest BCUT2D eigenvalue weighted by Crippen LogP contribution is -2.37. The van der Waals surface area contributed by atoms with Crippen molar-refractivity contribution in [2.24, 2.45) is 0 Å². The Kier molecular flexibility index (Phi) is 4.75. The molecular weight excluding hydrogens is 349 g/mol. The zero-order valence-electron chi connectivity index (χ0n) is 14.5. The molecule has 0 saturated carbocycles. The van der Waals surface area contributed by atoms with E-state index in [1.54, 1.807) is 36.7 Å². The average molecular weight is 367 g/mol. The molecule has 1 aromatic carbocycles. The van der Waals surface area contributed by atoms with Gasteiger partial charge in [0, 0.05) is 37.1 Å². The third-order valence-electron chi connectivity index (χ3n) is 4.11. The number of aromatic nitrogens is 4. The largest absolute Gasteiger partial charge is 0.378 e. The molecular formula is C18H18FN7O. The second-order valence-corrected chi connectivity index (χ2v) is 5.97. The number of hydrogen-bond donors (Lipinski definition) is 2. The zero-order chi connectivity index (χ0) is 18.6. The topological polar surface area (TPSA) is 102 Å². The maximum absolute atomic E-state index is 14.0. The molecule has 0 amide bonds.